The van der Waals surface area contributed by atoms with Crippen molar-refractivity contribution in [2.24, 2.45) is 0 Å². The molecule has 28 heavy (non-hydrogen) atoms. The number of hydrogen-bond donors (Lipinski definition) is 1. The van der Waals surface area contributed by atoms with Crippen LogP contribution in [0.5, 0.6) is 23.0 Å². The largest absolute Gasteiger partial charge is 0.486 e. The average Bonchev–Trinajstić information content (AvgIpc) is 3.15. The summed E-state index contributed by atoms with van der Waals surface area (Å²) >= 11 is 0. The standard InChI is InChI=1S/C21H17N3O4/c1-4-18-20(26-10-9-25-18)11-14(1)13-23-21-24-17-3-2-16(12-19(17)28-21)27-15-5-7-22-8-6-15/h1-8,11-12H,9-10,13H2,(H,23,24). The zero-order chi connectivity index (χ0) is 18.8. The van der Waals surface area contributed by atoms with E-state index < -0.39 is 0 Å². The molecule has 140 valence electrons. The molecule has 2 aromatic heterocycles. The number of rotatable bonds is 5. The van der Waals surface area contributed by atoms with Gasteiger partial charge in [0.15, 0.2) is 17.1 Å². The Morgan fingerprint density at radius 1 is 0.893 bits per heavy atom. The lowest BCUT2D eigenvalue weighted by Crippen LogP contribution is -2.15. The lowest BCUT2D eigenvalue weighted by molar-refractivity contribution is 0.171. The van der Waals surface area contributed by atoms with E-state index >= 15 is 0 Å². The highest BCUT2D eigenvalue weighted by Crippen LogP contribution is 2.31. The molecular formula is C21H17N3O4. The van der Waals surface area contributed by atoms with Crippen molar-refractivity contribution in [2.45, 2.75) is 6.54 Å². The first-order valence-corrected chi connectivity index (χ1v) is 8.94. The van der Waals surface area contributed by atoms with E-state index in [0.29, 0.717) is 42.9 Å². The summed E-state index contributed by atoms with van der Waals surface area (Å²) in [6.45, 7) is 1.71. The van der Waals surface area contributed by atoms with Crippen LogP contribution in [-0.2, 0) is 6.54 Å². The monoisotopic (exact) mass is 375 g/mol. The molecule has 0 unspecified atom stereocenters. The zero-order valence-electron chi connectivity index (χ0n) is 14.9. The van der Waals surface area contributed by atoms with Gasteiger partial charge in [0, 0.05) is 25.0 Å². The Kier molecular flexibility index (Phi) is 4.17. The topological polar surface area (TPSA) is 78.6 Å². The Morgan fingerprint density at radius 2 is 1.75 bits per heavy atom. The number of ether oxygens (including phenoxy) is 3. The van der Waals surface area contributed by atoms with Crippen molar-refractivity contribution in [2.75, 3.05) is 18.5 Å². The molecule has 1 aliphatic rings. The van der Waals surface area contributed by atoms with Gasteiger partial charge in [-0.15, -0.1) is 0 Å². The van der Waals surface area contributed by atoms with Gasteiger partial charge in [0.2, 0.25) is 0 Å². The molecule has 0 saturated heterocycles. The fourth-order valence-electron chi connectivity index (χ4n) is 2.96. The summed E-state index contributed by atoms with van der Waals surface area (Å²) in [5, 5.41) is 3.20. The number of pyridine rings is 1. The summed E-state index contributed by atoms with van der Waals surface area (Å²) in [6, 6.07) is 15.5. The number of benzene rings is 2. The van der Waals surface area contributed by atoms with Gasteiger partial charge < -0.3 is 23.9 Å². The quantitative estimate of drug-likeness (QED) is 0.554. The van der Waals surface area contributed by atoms with Crippen LogP contribution in [0.1, 0.15) is 5.56 Å². The van der Waals surface area contributed by atoms with E-state index in [0.717, 1.165) is 22.6 Å². The summed E-state index contributed by atoms with van der Waals surface area (Å²) in [5.41, 5.74) is 2.45. The van der Waals surface area contributed by atoms with Crippen LogP contribution in [0, 0.1) is 0 Å². The van der Waals surface area contributed by atoms with E-state index in [1.807, 2.05) is 36.4 Å². The van der Waals surface area contributed by atoms with Crippen molar-refractivity contribution in [3.05, 3.63) is 66.5 Å². The SMILES string of the molecule is c1cc(Oc2ccc3nc(NCc4ccc5c(c4)OCCO5)oc3c2)ccn1. The van der Waals surface area contributed by atoms with E-state index in [1.54, 1.807) is 24.5 Å². The summed E-state index contributed by atoms with van der Waals surface area (Å²) in [5.74, 6) is 2.93. The van der Waals surface area contributed by atoms with Gasteiger partial charge >= 0.3 is 0 Å². The molecule has 0 aliphatic carbocycles. The number of aromatic nitrogens is 2. The van der Waals surface area contributed by atoms with Gasteiger partial charge in [-0.1, -0.05) is 6.07 Å². The molecular weight excluding hydrogens is 358 g/mol. The predicted molar refractivity (Wildman–Crippen MR) is 103 cm³/mol. The first kappa shape index (κ1) is 16.4. The molecule has 1 N–H and O–H groups in total. The van der Waals surface area contributed by atoms with Crippen LogP contribution in [-0.4, -0.2) is 23.2 Å². The second-order valence-corrected chi connectivity index (χ2v) is 6.27. The normalized spacial score (nSPS) is 12.7. The average molecular weight is 375 g/mol. The molecule has 4 aromatic rings. The van der Waals surface area contributed by atoms with Crippen molar-refractivity contribution in [3.8, 4) is 23.0 Å². The zero-order valence-corrected chi connectivity index (χ0v) is 14.9. The first-order chi connectivity index (χ1) is 13.8. The molecule has 1 aliphatic heterocycles. The van der Waals surface area contributed by atoms with Crippen molar-refractivity contribution in [1.29, 1.82) is 0 Å². The molecule has 7 nitrogen and oxygen atoms in total. The van der Waals surface area contributed by atoms with Gasteiger partial charge in [0.25, 0.3) is 6.01 Å². The fourth-order valence-corrected chi connectivity index (χ4v) is 2.96. The summed E-state index contributed by atoms with van der Waals surface area (Å²) in [4.78, 5) is 8.44. The molecule has 0 spiro atoms. The Morgan fingerprint density at radius 3 is 2.64 bits per heavy atom. The number of nitrogens with one attached hydrogen (secondary N) is 1. The van der Waals surface area contributed by atoms with Crippen LogP contribution < -0.4 is 19.5 Å². The van der Waals surface area contributed by atoms with Crippen LogP contribution >= 0.6 is 0 Å². The number of nitrogens with zero attached hydrogens (tertiary/aromatic N) is 2. The maximum Gasteiger partial charge on any atom is 0.295 e. The van der Waals surface area contributed by atoms with Crippen molar-refractivity contribution in [3.63, 3.8) is 0 Å². The smallest absolute Gasteiger partial charge is 0.295 e. The van der Waals surface area contributed by atoms with Gasteiger partial charge in [-0.2, -0.15) is 4.98 Å². The Bertz CT molecular complexity index is 1110. The third-order valence-corrected chi connectivity index (χ3v) is 4.30. The minimum Gasteiger partial charge on any atom is -0.486 e. The van der Waals surface area contributed by atoms with Crippen molar-refractivity contribution in [1.82, 2.24) is 9.97 Å². The van der Waals surface area contributed by atoms with Crippen molar-refractivity contribution < 1.29 is 18.6 Å². The number of fused-ring (bicyclic) bond motifs is 2. The lowest BCUT2D eigenvalue weighted by Gasteiger charge is -2.18. The minimum atomic E-state index is 0.450. The summed E-state index contributed by atoms with van der Waals surface area (Å²) < 4.78 is 22.8. The first-order valence-electron chi connectivity index (χ1n) is 8.94. The van der Waals surface area contributed by atoms with Gasteiger partial charge in [-0.25, -0.2) is 0 Å². The molecule has 0 atom stereocenters. The second kappa shape index (κ2) is 7.11. The summed E-state index contributed by atoms with van der Waals surface area (Å²) in [6.07, 6.45) is 3.37. The summed E-state index contributed by atoms with van der Waals surface area (Å²) in [7, 11) is 0. The molecule has 0 bridgehead atoms. The molecule has 0 saturated carbocycles. The lowest BCUT2D eigenvalue weighted by atomic mass is 10.2. The number of hydrogen-bond acceptors (Lipinski definition) is 7. The van der Waals surface area contributed by atoms with E-state index in [1.165, 1.54) is 0 Å². The Labute approximate surface area is 160 Å². The van der Waals surface area contributed by atoms with Crippen LogP contribution in [0.2, 0.25) is 0 Å². The van der Waals surface area contributed by atoms with Crippen LogP contribution in [0.25, 0.3) is 11.1 Å². The van der Waals surface area contributed by atoms with Crippen LogP contribution in [0.4, 0.5) is 6.01 Å². The van der Waals surface area contributed by atoms with E-state index in [-0.39, 0.29) is 0 Å². The third kappa shape index (κ3) is 3.42. The molecule has 5 rings (SSSR count). The van der Waals surface area contributed by atoms with Gasteiger partial charge in [-0.3, -0.25) is 4.98 Å². The van der Waals surface area contributed by atoms with Gasteiger partial charge in [-0.05, 0) is 42.0 Å². The van der Waals surface area contributed by atoms with Crippen LogP contribution in [0.3, 0.4) is 0 Å². The highest BCUT2D eigenvalue weighted by Gasteiger charge is 2.12. The van der Waals surface area contributed by atoms with Crippen molar-refractivity contribution >= 4 is 17.1 Å². The Hall–Kier alpha value is -3.74. The predicted octanol–water partition coefficient (Wildman–Crippen LogP) is 4.40. The highest BCUT2D eigenvalue weighted by molar-refractivity contribution is 5.76. The molecule has 2 aromatic carbocycles. The van der Waals surface area contributed by atoms with E-state index in [9.17, 15) is 0 Å². The van der Waals surface area contributed by atoms with Gasteiger partial charge in [0.05, 0.1) is 0 Å². The molecule has 0 amide bonds. The number of oxazole rings is 1. The third-order valence-electron chi connectivity index (χ3n) is 4.30. The van der Waals surface area contributed by atoms with Gasteiger partial charge in [0.1, 0.15) is 30.2 Å². The maximum absolute atomic E-state index is 5.81. The highest BCUT2D eigenvalue weighted by atomic mass is 16.6. The van der Waals surface area contributed by atoms with E-state index in [2.05, 4.69) is 15.3 Å². The second-order valence-electron chi connectivity index (χ2n) is 6.27. The van der Waals surface area contributed by atoms with E-state index in [4.69, 9.17) is 18.6 Å². The molecule has 0 radical (unpaired) electrons. The minimum absolute atomic E-state index is 0.450. The number of anilines is 1. The fraction of sp³-hybridized carbons (Fsp3) is 0.143. The molecule has 7 heteroatoms. The molecule has 3 heterocycles. The maximum atomic E-state index is 5.81. The Balaban J connectivity index is 1.30. The molecule has 0 fully saturated rings. The van der Waals surface area contributed by atoms with Crippen LogP contribution in [0.15, 0.2) is 65.3 Å².